The Labute approximate surface area is 114 Å². The first kappa shape index (κ1) is 14.3. The molecule has 7 nitrogen and oxygen atoms in total. The number of carbonyl (C=O) groups excluding carboxylic acids is 1. The van der Waals surface area contributed by atoms with Gasteiger partial charge in [-0.05, 0) is 31.3 Å². The summed E-state index contributed by atoms with van der Waals surface area (Å²) in [7, 11) is -4.63. The van der Waals surface area contributed by atoms with E-state index in [-0.39, 0.29) is 25.0 Å². The normalized spacial score (nSPS) is 18.4. The molecule has 0 aromatic carbocycles. The second-order valence-electron chi connectivity index (χ2n) is 4.28. The predicted octanol–water partition coefficient (Wildman–Crippen LogP) is 0.255. The second kappa shape index (κ2) is 5.47. The van der Waals surface area contributed by atoms with E-state index in [1.807, 2.05) is 0 Å². The molecule has 10 heteroatoms. The quantitative estimate of drug-likeness (QED) is 0.808. The average molecular weight is 308 g/mol. The van der Waals surface area contributed by atoms with E-state index in [1.165, 1.54) is 0 Å². The van der Waals surface area contributed by atoms with Gasteiger partial charge in [-0.25, -0.2) is 0 Å². The number of aryl methyl sites for hydroxylation is 1. The van der Waals surface area contributed by atoms with Gasteiger partial charge >= 0.3 is 10.4 Å². The Morgan fingerprint density at radius 3 is 2.58 bits per heavy atom. The van der Waals surface area contributed by atoms with Gasteiger partial charge in [0.2, 0.25) is 0 Å². The van der Waals surface area contributed by atoms with Crippen molar-refractivity contribution >= 4 is 27.8 Å². The van der Waals surface area contributed by atoms with E-state index >= 15 is 0 Å². The molecule has 1 aromatic rings. The Hall–Kier alpha value is -1.13. The van der Waals surface area contributed by atoms with Gasteiger partial charge in [0, 0.05) is 19.1 Å². The number of hydrogen-bond donors (Lipinski definition) is 1. The largest absolute Gasteiger partial charge is 0.374 e. The van der Waals surface area contributed by atoms with Crippen LogP contribution in [0.3, 0.4) is 0 Å². The molecule has 1 saturated heterocycles. The summed E-state index contributed by atoms with van der Waals surface area (Å²) >= 11 is 1.01. The molecule has 1 fully saturated rings. The number of piperidine rings is 1. The third kappa shape index (κ3) is 3.45. The van der Waals surface area contributed by atoms with E-state index in [9.17, 15) is 17.1 Å². The van der Waals surface area contributed by atoms with Gasteiger partial charge in [0.05, 0.1) is 5.69 Å². The molecule has 106 valence electrons. The van der Waals surface area contributed by atoms with Crippen LogP contribution in [0.1, 0.15) is 28.2 Å². The van der Waals surface area contributed by atoms with Crippen LogP contribution in [-0.2, 0) is 10.4 Å². The summed E-state index contributed by atoms with van der Waals surface area (Å²) in [6, 6.07) is -0.160. The number of hydrogen-bond acceptors (Lipinski definition) is 6. The number of carbonyl (C=O) groups is 1. The zero-order valence-corrected chi connectivity index (χ0v) is 11.8. The summed E-state index contributed by atoms with van der Waals surface area (Å²) in [4.78, 5) is 12.3. The smallest absolute Gasteiger partial charge is 0.348 e. The summed E-state index contributed by atoms with van der Waals surface area (Å²) in [6.07, 6.45) is 0.778. The Balaban J connectivity index is 1.90. The lowest BCUT2D eigenvalue weighted by molar-refractivity contribution is 0.0927. The molecule has 0 bridgehead atoms. The monoisotopic (exact) mass is 308 g/mol. The summed E-state index contributed by atoms with van der Waals surface area (Å²) in [5.74, 6) is -0.269. The van der Waals surface area contributed by atoms with E-state index in [0.29, 0.717) is 23.4 Å². The van der Waals surface area contributed by atoms with E-state index in [1.54, 1.807) is 6.92 Å². The number of rotatable bonds is 3. The Kier molecular flexibility index (Phi) is 4.11. The zero-order chi connectivity index (χ0) is 14.0. The van der Waals surface area contributed by atoms with Crippen molar-refractivity contribution in [3.05, 3.63) is 10.6 Å². The van der Waals surface area contributed by atoms with Gasteiger partial charge in [-0.2, -0.15) is 12.7 Å². The molecule has 1 aliphatic heterocycles. The lowest BCUT2D eigenvalue weighted by Gasteiger charge is -2.28. The third-order valence-electron chi connectivity index (χ3n) is 2.96. The molecule has 0 saturated carbocycles. The molecule has 0 spiro atoms. The molecule has 1 aliphatic rings. The summed E-state index contributed by atoms with van der Waals surface area (Å²) < 4.78 is 38.6. The van der Waals surface area contributed by atoms with Crippen LogP contribution >= 0.6 is 11.5 Å². The third-order valence-corrected chi connectivity index (χ3v) is 4.76. The van der Waals surface area contributed by atoms with Gasteiger partial charge in [-0.15, -0.1) is 5.10 Å². The molecule has 1 amide bonds. The molecule has 2 heterocycles. The van der Waals surface area contributed by atoms with Crippen LogP contribution < -0.4 is 5.32 Å². The standard InChI is InChI=1S/C9H13FN4O3S2/c1-6-8(18-13-12-6)9(15)11-7-2-4-14(5-3-7)19(10,16)17/h7H,2-5H2,1H3,(H,11,15). The number of nitrogens with one attached hydrogen (secondary N) is 1. The Morgan fingerprint density at radius 2 is 2.11 bits per heavy atom. The van der Waals surface area contributed by atoms with Crippen molar-refractivity contribution in [1.82, 2.24) is 19.2 Å². The minimum Gasteiger partial charge on any atom is -0.348 e. The van der Waals surface area contributed by atoms with Crippen molar-refractivity contribution in [3.63, 3.8) is 0 Å². The van der Waals surface area contributed by atoms with Gasteiger partial charge < -0.3 is 5.32 Å². The van der Waals surface area contributed by atoms with Crippen LogP contribution in [0, 0.1) is 6.92 Å². The summed E-state index contributed by atoms with van der Waals surface area (Å²) in [5.41, 5.74) is 0.561. The van der Waals surface area contributed by atoms with Crippen LogP contribution in [0.25, 0.3) is 0 Å². The first-order valence-electron chi connectivity index (χ1n) is 5.67. The molecule has 19 heavy (non-hydrogen) atoms. The molecule has 0 unspecified atom stereocenters. The number of aromatic nitrogens is 2. The molecule has 1 N–H and O–H groups in total. The fourth-order valence-electron chi connectivity index (χ4n) is 1.91. The SMILES string of the molecule is Cc1nnsc1C(=O)NC1CCN(S(=O)(=O)F)CC1. The van der Waals surface area contributed by atoms with Crippen molar-refractivity contribution in [2.45, 2.75) is 25.8 Å². The van der Waals surface area contributed by atoms with Gasteiger partial charge in [0.25, 0.3) is 5.91 Å². The fourth-order valence-corrected chi connectivity index (χ4v) is 3.12. The van der Waals surface area contributed by atoms with Crippen molar-refractivity contribution in [2.75, 3.05) is 13.1 Å². The van der Waals surface area contributed by atoms with Crippen LogP contribution in [0.15, 0.2) is 0 Å². The molecule has 0 aliphatic carbocycles. The van der Waals surface area contributed by atoms with Gasteiger partial charge in [-0.1, -0.05) is 8.37 Å². The van der Waals surface area contributed by atoms with Gasteiger partial charge in [-0.3, -0.25) is 4.79 Å². The minimum atomic E-state index is -4.63. The summed E-state index contributed by atoms with van der Waals surface area (Å²) in [6.45, 7) is 1.84. The highest BCUT2D eigenvalue weighted by molar-refractivity contribution is 7.83. The maximum atomic E-state index is 12.7. The predicted molar refractivity (Wildman–Crippen MR) is 66.7 cm³/mol. The molecule has 1 aromatic heterocycles. The van der Waals surface area contributed by atoms with Crippen LogP contribution in [0.2, 0.25) is 0 Å². The zero-order valence-electron chi connectivity index (χ0n) is 10.2. The highest BCUT2D eigenvalue weighted by Crippen LogP contribution is 2.16. The van der Waals surface area contributed by atoms with Crippen molar-refractivity contribution < 1.29 is 17.1 Å². The van der Waals surface area contributed by atoms with E-state index in [2.05, 4.69) is 14.9 Å². The number of amides is 1. The van der Waals surface area contributed by atoms with E-state index in [4.69, 9.17) is 0 Å². The van der Waals surface area contributed by atoms with Gasteiger partial charge in [0.15, 0.2) is 0 Å². The van der Waals surface area contributed by atoms with Crippen LogP contribution in [-0.4, -0.2) is 47.3 Å². The van der Waals surface area contributed by atoms with Crippen molar-refractivity contribution in [3.8, 4) is 0 Å². The summed E-state index contributed by atoms with van der Waals surface area (Å²) in [5, 5.41) is 6.53. The molecular weight excluding hydrogens is 295 g/mol. The Bertz CT molecular complexity index is 566. The first-order valence-corrected chi connectivity index (χ1v) is 7.79. The topological polar surface area (TPSA) is 92.3 Å². The lowest BCUT2D eigenvalue weighted by Crippen LogP contribution is -2.45. The number of halogens is 1. The molecule has 0 atom stereocenters. The lowest BCUT2D eigenvalue weighted by atomic mass is 10.1. The molecule has 2 rings (SSSR count). The van der Waals surface area contributed by atoms with Crippen LogP contribution in [0.4, 0.5) is 3.89 Å². The van der Waals surface area contributed by atoms with Crippen molar-refractivity contribution in [1.29, 1.82) is 0 Å². The number of nitrogens with zero attached hydrogens (tertiary/aromatic N) is 3. The average Bonchev–Trinajstić information content (AvgIpc) is 2.75. The highest BCUT2D eigenvalue weighted by atomic mass is 32.3. The maximum absolute atomic E-state index is 12.7. The second-order valence-corrected chi connectivity index (χ2v) is 6.37. The van der Waals surface area contributed by atoms with E-state index in [0.717, 1.165) is 15.8 Å². The van der Waals surface area contributed by atoms with E-state index < -0.39 is 10.4 Å². The highest BCUT2D eigenvalue weighted by Gasteiger charge is 2.28. The molecular formula is C9H13FN4O3S2. The maximum Gasteiger partial charge on any atom is 0.374 e. The fraction of sp³-hybridized carbons (Fsp3) is 0.667. The Morgan fingerprint density at radius 1 is 1.47 bits per heavy atom. The van der Waals surface area contributed by atoms with Crippen LogP contribution in [0.5, 0.6) is 0 Å². The first-order chi connectivity index (χ1) is 8.88. The molecule has 0 radical (unpaired) electrons. The van der Waals surface area contributed by atoms with Crippen molar-refractivity contribution in [2.24, 2.45) is 0 Å². The minimum absolute atomic E-state index is 0.0731. The van der Waals surface area contributed by atoms with Gasteiger partial charge in [0.1, 0.15) is 4.88 Å².